The van der Waals surface area contributed by atoms with Gasteiger partial charge in [-0.2, -0.15) is 0 Å². The molecule has 3 rings (SSSR count). The van der Waals surface area contributed by atoms with Crippen molar-refractivity contribution in [1.29, 1.82) is 0 Å². The molecule has 0 saturated heterocycles. The van der Waals surface area contributed by atoms with E-state index < -0.39 is 0 Å². The van der Waals surface area contributed by atoms with Crippen molar-refractivity contribution in [3.63, 3.8) is 0 Å². The number of benzene rings is 1. The third-order valence-electron chi connectivity index (χ3n) is 5.16. The van der Waals surface area contributed by atoms with Gasteiger partial charge >= 0.3 is 6.03 Å². The largest absolute Gasteiger partial charge is 0.396 e. The first-order valence-electron chi connectivity index (χ1n) is 8.95. The number of aromatic nitrogens is 1. The molecule has 6 heteroatoms. The second-order valence-corrected chi connectivity index (χ2v) is 7.41. The summed E-state index contributed by atoms with van der Waals surface area (Å²) in [6.07, 6.45) is 6.74. The number of aliphatic hydroxyl groups excluding tert-OH is 1. The van der Waals surface area contributed by atoms with E-state index >= 15 is 0 Å². The van der Waals surface area contributed by atoms with E-state index in [2.05, 4.69) is 21.4 Å². The van der Waals surface area contributed by atoms with Crippen LogP contribution in [0.15, 0.2) is 24.4 Å². The van der Waals surface area contributed by atoms with Crippen molar-refractivity contribution in [2.24, 2.45) is 13.0 Å². The van der Waals surface area contributed by atoms with Gasteiger partial charge in [-0.1, -0.05) is 17.7 Å². The van der Waals surface area contributed by atoms with Crippen LogP contribution in [-0.4, -0.2) is 34.9 Å². The summed E-state index contributed by atoms with van der Waals surface area (Å²) in [4.78, 5) is 12.1. The summed E-state index contributed by atoms with van der Waals surface area (Å²) in [6, 6.07) is 6.02. The average molecular weight is 364 g/mol. The Kier molecular flexibility index (Phi) is 5.86. The van der Waals surface area contributed by atoms with Crippen LogP contribution in [0.5, 0.6) is 0 Å². The minimum Gasteiger partial charge on any atom is -0.396 e. The Hall–Kier alpha value is -1.72. The Morgan fingerprint density at radius 1 is 1.32 bits per heavy atom. The lowest BCUT2D eigenvalue weighted by molar-refractivity contribution is 0.174. The number of amides is 2. The predicted molar refractivity (Wildman–Crippen MR) is 101 cm³/mol. The Bertz CT molecular complexity index is 736. The summed E-state index contributed by atoms with van der Waals surface area (Å²) >= 11 is 6.06. The van der Waals surface area contributed by atoms with E-state index in [4.69, 9.17) is 16.7 Å². The molecule has 0 aliphatic heterocycles. The zero-order valence-corrected chi connectivity index (χ0v) is 15.4. The van der Waals surface area contributed by atoms with E-state index in [1.807, 2.05) is 25.2 Å². The molecule has 136 valence electrons. The predicted octanol–water partition coefficient (Wildman–Crippen LogP) is 3.22. The lowest BCUT2D eigenvalue weighted by Gasteiger charge is -2.27. The van der Waals surface area contributed by atoms with Crippen molar-refractivity contribution < 1.29 is 9.90 Å². The van der Waals surface area contributed by atoms with E-state index in [0.29, 0.717) is 12.5 Å². The van der Waals surface area contributed by atoms with Crippen LogP contribution < -0.4 is 10.6 Å². The fourth-order valence-electron chi connectivity index (χ4n) is 3.68. The Labute approximate surface area is 153 Å². The van der Waals surface area contributed by atoms with Gasteiger partial charge in [0, 0.05) is 48.4 Å². The molecular formula is C19H26ClN3O2. The first-order chi connectivity index (χ1) is 12.1. The number of nitrogens with one attached hydrogen (secondary N) is 2. The molecular weight excluding hydrogens is 338 g/mol. The number of hydrogen-bond donors (Lipinski definition) is 3. The Morgan fingerprint density at radius 2 is 2.08 bits per heavy atom. The van der Waals surface area contributed by atoms with Crippen LogP contribution in [0.1, 0.15) is 31.2 Å². The number of halogens is 1. The van der Waals surface area contributed by atoms with Crippen LogP contribution in [0, 0.1) is 5.92 Å². The molecule has 5 nitrogen and oxygen atoms in total. The van der Waals surface area contributed by atoms with E-state index in [0.717, 1.165) is 42.6 Å². The number of carbonyl (C=O) groups excluding carboxylic acids is 1. The molecule has 25 heavy (non-hydrogen) atoms. The van der Waals surface area contributed by atoms with E-state index in [1.165, 1.54) is 10.9 Å². The number of fused-ring (bicyclic) bond motifs is 1. The molecule has 0 radical (unpaired) electrons. The van der Waals surface area contributed by atoms with Crippen LogP contribution in [0.2, 0.25) is 5.02 Å². The second kappa shape index (κ2) is 8.11. The SMILES string of the molecule is Cn1cc(CCNC(=O)NC2CCC(CO)CC2)c2ccc(Cl)cc21. The monoisotopic (exact) mass is 363 g/mol. The normalized spacial score (nSPS) is 20.6. The number of hydrogen-bond acceptors (Lipinski definition) is 2. The van der Waals surface area contributed by atoms with Gasteiger partial charge in [0.1, 0.15) is 0 Å². The highest BCUT2D eigenvalue weighted by atomic mass is 35.5. The molecule has 1 heterocycles. The summed E-state index contributed by atoms with van der Waals surface area (Å²) in [5.74, 6) is 0.404. The molecule has 0 atom stereocenters. The van der Waals surface area contributed by atoms with Crippen LogP contribution >= 0.6 is 11.6 Å². The summed E-state index contributed by atoms with van der Waals surface area (Å²) in [5.41, 5.74) is 2.31. The van der Waals surface area contributed by atoms with Crippen LogP contribution in [0.4, 0.5) is 4.79 Å². The maximum absolute atomic E-state index is 12.1. The summed E-state index contributed by atoms with van der Waals surface area (Å²) in [5, 5.41) is 17.1. The van der Waals surface area contributed by atoms with Gasteiger partial charge in [-0.3, -0.25) is 0 Å². The number of aryl methyl sites for hydroxylation is 1. The molecule has 1 saturated carbocycles. The quantitative estimate of drug-likeness (QED) is 0.763. The lowest BCUT2D eigenvalue weighted by atomic mass is 9.87. The number of carbonyl (C=O) groups is 1. The van der Waals surface area contributed by atoms with Crippen molar-refractivity contribution in [3.8, 4) is 0 Å². The zero-order valence-electron chi connectivity index (χ0n) is 14.6. The highest BCUT2D eigenvalue weighted by Crippen LogP contribution is 2.25. The zero-order chi connectivity index (χ0) is 17.8. The number of urea groups is 1. The molecule has 0 unspecified atom stereocenters. The molecule has 0 spiro atoms. The number of nitrogens with zero attached hydrogens (tertiary/aromatic N) is 1. The third-order valence-corrected chi connectivity index (χ3v) is 5.39. The highest BCUT2D eigenvalue weighted by molar-refractivity contribution is 6.31. The molecule has 1 fully saturated rings. The van der Waals surface area contributed by atoms with Gasteiger partial charge in [-0.15, -0.1) is 0 Å². The molecule has 1 aliphatic carbocycles. The fraction of sp³-hybridized carbons (Fsp3) is 0.526. The lowest BCUT2D eigenvalue weighted by Crippen LogP contribution is -2.44. The Balaban J connectivity index is 1.47. The maximum atomic E-state index is 12.1. The summed E-state index contributed by atoms with van der Waals surface area (Å²) in [6.45, 7) is 0.856. The van der Waals surface area contributed by atoms with Crippen LogP contribution in [0.25, 0.3) is 10.9 Å². The van der Waals surface area contributed by atoms with Crippen LogP contribution in [-0.2, 0) is 13.5 Å². The van der Waals surface area contributed by atoms with Gasteiger partial charge in [0.2, 0.25) is 0 Å². The third kappa shape index (κ3) is 4.47. The van der Waals surface area contributed by atoms with E-state index in [9.17, 15) is 4.79 Å². The molecule has 1 aromatic heterocycles. The minimum atomic E-state index is -0.101. The topological polar surface area (TPSA) is 66.3 Å². The second-order valence-electron chi connectivity index (χ2n) is 6.98. The van der Waals surface area contributed by atoms with Gasteiger partial charge in [0.25, 0.3) is 0 Å². The molecule has 2 aromatic rings. The summed E-state index contributed by atoms with van der Waals surface area (Å²) < 4.78 is 2.07. The van der Waals surface area contributed by atoms with Crippen molar-refractivity contribution in [1.82, 2.24) is 15.2 Å². The summed E-state index contributed by atoms with van der Waals surface area (Å²) in [7, 11) is 2.00. The molecule has 0 bridgehead atoms. The van der Waals surface area contributed by atoms with Gasteiger partial charge < -0.3 is 20.3 Å². The fourth-order valence-corrected chi connectivity index (χ4v) is 3.84. The highest BCUT2D eigenvalue weighted by Gasteiger charge is 2.21. The van der Waals surface area contributed by atoms with Crippen LogP contribution in [0.3, 0.4) is 0 Å². The molecule has 3 N–H and O–H groups in total. The standard InChI is InChI=1S/C19H26ClN3O2/c1-23-11-14(17-7-4-15(20)10-18(17)23)8-9-21-19(25)22-16-5-2-13(12-24)3-6-16/h4,7,10-11,13,16,24H,2-3,5-6,8-9,12H2,1H3,(H2,21,22,25). The van der Waals surface area contributed by atoms with Gasteiger partial charge in [0.05, 0.1) is 0 Å². The molecule has 1 aliphatic rings. The maximum Gasteiger partial charge on any atom is 0.315 e. The van der Waals surface area contributed by atoms with Crippen molar-refractivity contribution in [2.45, 2.75) is 38.1 Å². The van der Waals surface area contributed by atoms with E-state index in [1.54, 1.807) is 0 Å². The first kappa shape index (κ1) is 18.1. The van der Waals surface area contributed by atoms with Crippen molar-refractivity contribution >= 4 is 28.5 Å². The smallest absolute Gasteiger partial charge is 0.315 e. The average Bonchev–Trinajstić information content (AvgIpc) is 2.91. The number of rotatable bonds is 5. The molecule has 2 amide bonds. The van der Waals surface area contributed by atoms with Crippen molar-refractivity contribution in [3.05, 3.63) is 35.0 Å². The van der Waals surface area contributed by atoms with Gasteiger partial charge in [0.15, 0.2) is 0 Å². The Morgan fingerprint density at radius 3 is 2.80 bits per heavy atom. The minimum absolute atomic E-state index is 0.101. The van der Waals surface area contributed by atoms with E-state index in [-0.39, 0.29) is 18.7 Å². The van der Waals surface area contributed by atoms with Crippen molar-refractivity contribution in [2.75, 3.05) is 13.2 Å². The van der Waals surface area contributed by atoms with Gasteiger partial charge in [-0.25, -0.2) is 4.79 Å². The molecule has 1 aromatic carbocycles. The number of aliphatic hydroxyl groups is 1. The van der Waals surface area contributed by atoms with Gasteiger partial charge in [-0.05, 0) is 55.7 Å². The first-order valence-corrected chi connectivity index (χ1v) is 9.33.